The van der Waals surface area contributed by atoms with Crippen molar-refractivity contribution in [1.82, 2.24) is 0 Å². The average Bonchev–Trinajstić information content (AvgIpc) is 2.86. The van der Waals surface area contributed by atoms with Gasteiger partial charge in [-0.1, -0.05) is 23.4 Å². The number of carbonyl (C=O) groups excluding carboxylic acids is 1. The van der Waals surface area contributed by atoms with Crippen molar-refractivity contribution < 1.29 is 14.6 Å². The van der Waals surface area contributed by atoms with Crippen molar-refractivity contribution in [3.63, 3.8) is 0 Å². The van der Waals surface area contributed by atoms with Crippen LogP contribution in [0.4, 0.5) is 5.69 Å². The molecule has 0 aromatic heterocycles. The Morgan fingerprint density at radius 3 is 2.77 bits per heavy atom. The number of benzene rings is 2. The van der Waals surface area contributed by atoms with Gasteiger partial charge in [-0.2, -0.15) is 0 Å². The van der Waals surface area contributed by atoms with Crippen LogP contribution in [0.1, 0.15) is 17.9 Å². The zero-order valence-electron chi connectivity index (χ0n) is 12.1. The predicted molar refractivity (Wildman–Crippen MR) is 88.9 cm³/mol. The number of phenolic OH excluding ortho intramolecular Hbond substituents is 1. The molecule has 0 bridgehead atoms. The van der Waals surface area contributed by atoms with Crippen molar-refractivity contribution >= 4 is 35.0 Å². The Labute approximate surface area is 137 Å². The van der Waals surface area contributed by atoms with Crippen LogP contribution >= 0.6 is 23.4 Å². The molecular weight excluding hydrogens is 322 g/mol. The molecule has 4 nitrogen and oxygen atoms in total. The molecule has 0 aliphatic carbocycles. The molecule has 114 valence electrons. The lowest BCUT2D eigenvalue weighted by Crippen LogP contribution is -2.28. The standard InChI is InChI=1S/C16H14ClNO3S/c1-9(19)18-13-7-10(17)3-6-15(13)22-16(18)12-8-11(21-2)4-5-14(12)20/h3-8,16,20H,1-2H3/p+1. The van der Waals surface area contributed by atoms with E-state index in [-0.39, 0.29) is 17.0 Å². The van der Waals surface area contributed by atoms with E-state index in [1.165, 1.54) is 18.7 Å². The van der Waals surface area contributed by atoms with E-state index in [1.54, 1.807) is 42.3 Å². The molecule has 0 fully saturated rings. The number of ether oxygens (including phenoxy) is 1. The van der Waals surface area contributed by atoms with Gasteiger partial charge in [0.05, 0.1) is 5.69 Å². The van der Waals surface area contributed by atoms with E-state index in [9.17, 15) is 9.90 Å². The number of phenols is 1. The topological polar surface area (TPSA) is 53.3 Å². The first-order valence-corrected chi connectivity index (χ1v) is 7.96. The Hall–Kier alpha value is -1.85. The summed E-state index contributed by atoms with van der Waals surface area (Å²) >= 11 is 7.57. The summed E-state index contributed by atoms with van der Waals surface area (Å²) in [6.07, 6.45) is 0. The van der Waals surface area contributed by atoms with Gasteiger partial charge in [0.1, 0.15) is 11.1 Å². The average molecular weight is 337 g/mol. The van der Waals surface area contributed by atoms with Crippen molar-refractivity contribution in [2.75, 3.05) is 12.0 Å². The fourth-order valence-corrected chi connectivity index (χ4v) is 4.01. The summed E-state index contributed by atoms with van der Waals surface area (Å²) in [5.74, 6) is 0.803. The highest BCUT2D eigenvalue weighted by molar-refractivity contribution is 8.00. The number of thioether (sulfide) groups is 1. The maximum Gasteiger partial charge on any atom is 0.255 e. The Morgan fingerprint density at radius 2 is 2.09 bits per heavy atom. The number of halogens is 1. The Kier molecular flexibility index (Phi) is 3.93. The van der Waals surface area contributed by atoms with Crippen molar-refractivity contribution in [2.45, 2.75) is 17.2 Å². The lowest BCUT2D eigenvalue weighted by molar-refractivity contribution is -0.116. The summed E-state index contributed by atoms with van der Waals surface area (Å²) in [7, 11) is 1.69. The molecule has 1 heterocycles. The fourth-order valence-electron chi connectivity index (χ4n) is 2.49. The van der Waals surface area contributed by atoms with Gasteiger partial charge >= 0.3 is 0 Å². The minimum atomic E-state index is -0.326. The van der Waals surface area contributed by atoms with E-state index in [0.717, 1.165) is 16.3 Å². The second kappa shape index (κ2) is 5.74. The largest absolute Gasteiger partial charge is 0.585 e. The number of aromatic hydroxyl groups is 2. The van der Waals surface area contributed by atoms with Crippen LogP contribution in [0.3, 0.4) is 0 Å². The van der Waals surface area contributed by atoms with Crippen molar-refractivity contribution in [3.05, 3.63) is 47.0 Å². The van der Waals surface area contributed by atoms with Crippen LogP contribution in [0.2, 0.25) is 5.02 Å². The third-order valence-electron chi connectivity index (χ3n) is 3.53. The molecule has 0 radical (unpaired) electrons. The number of rotatable bonds is 2. The Balaban J connectivity index is 2.10. The Morgan fingerprint density at radius 1 is 1.32 bits per heavy atom. The minimum absolute atomic E-state index is 0.100. The molecule has 1 unspecified atom stereocenters. The van der Waals surface area contributed by atoms with Crippen molar-refractivity contribution in [2.24, 2.45) is 0 Å². The highest BCUT2D eigenvalue weighted by Crippen LogP contribution is 2.53. The number of carbonyl (C=O) groups is 1. The first-order chi connectivity index (χ1) is 10.5. The second-order valence-electron chi connectivity index (χ2n) is 4.94. The van der Waals surface area contributed by atoms with Crippen LogP contribution < -0.4 is 4.90 Å². The summed E-state index contributed by atoms with van der Waals surface area (Å²) in [6.45, 7) is 1.51. The van der Waals surface area contributed by atoms with Gasteiger partial charge in [0.15, 0.2) is 7.11 Å². The number of amides is 1. The van der Waals surface area contributed by atoms with E-state index in [4.69, 9.17) is 11.6 Å². The van der Waals surface area contributed by atoms with E-state index in [0.29, 0.717) is 10.6 Å². The normalized spacial score (nSPS) is 16.5. The van der Waals surface area contributed by atoms with Crippen LogP contribution in [0, 0.1) is 0 Å². The number of hydrogen-bond donors (Lipinski definition) is 1. The van der Waals surface area contributed by atoms with E-state index < -0.39 is 0 Å². The van der Waals surface area contributed by atoms with Gasteiger partial charge in [-0.15, -0.1) is 0 Å². The highest BCUT2D eigenvalue weighted by atomic mass is 35.5. The van der Waals surface area contributed by atoms with E-state index in [2.05, 4.69) is 4.74 Å². The van der Waals surface area contributed by atoms with Crippen LogP contribution in [-0.2, 0) is 4.79 Å². The second-order valence-corrected chi connectivity index (χ2v) is 6.50. The van der Waals surface area contributed by atoms with Gasteiger partial charge in [0.2, 0.25) is 5.91 Å². The molecule has 2 N–H and O–H groups in total. The molecule has 1 aliphatic rings. The summed E-state index contributed by atoms with van der Waals surface area (Å²) in [4.78, 5) is 14.7. The number of hydrogen-bond acceptors (Lipinski definition) is 3. The maximum absolute atomic E-state index is 12.1. The van der Waals surface area contributed by atoms with Gasteiger partial charge < -0.3 is 9.84 Å². The smallest absolute Gasteiger partial charge is 0.255 e. The van der Waals surface area contributed by atoms with Gasteiger partial charge in [-0.25, -0.2) is 0 Å². The zero-order chi connectivity index (χ0) is 15.9. The number of fused-ring (bicyclic) bond motifs is 1. The van der Waals surface area contributed by atoms with Gasteiger partial charge in [0, 0.05) is 34.5 Å². The molecule has 0 saturated heterocycles. The van der Waals surface area contributed by atoms with Gasteiger partial charge in [-0.3, -0.25) is 9.69 Å². The molecule has 0 spiro atoms. The quantitative estimate of drug-likeness (QED) is 0.664. The monoisotopic (exact) mass is 336 g/mol. The lowest BCUT2D eigenvalue weighted by Gasteiger charge is -2.24. The van der Waals surface area contributed by atoms with Crippen LogP contribution in [-0.4, -0.2) is 22.9 Å². The van der Waals surface area contributed by atoms with Crippen LogP contribution in [0.25, 0.3) is 0 Å². The fraction of sp³-hybridized carbons (Fsp3) is 0.188. The van der Waals surface area contributed by atoms with Crippen molar-refractivity contribution in [1.29, 1.82) is 0 Å². The predicted octanol–water partition coefficient (Wildman–Crippen LogP) is 4.07. The summed E-state index contributed by atoms with van der Waals surface area (Å²) < 4.78 is 4.13. The number of aliphatic hydroxyl groups is 1. The summed E-state index contributed by atoms with van der Waals surface area (Å²) in [5.41, 5.74) is 1.43. The lowest BCUT2D eigenvalue weighted by atomic mass is 10.1. The third kappa shape index (κ3) is 2.51. The van der Waals surface area contributed by atoms with Gasteiger partial charge in [-0.05, 0) is 24.3 Å². The first kappa shape index (κ1) is 15.1. The van der Waals surface area contributed by atoms with Crippen molar-refractivity contribution in [3.8, 4) is 11.5 Å². The Bertz CT molecular complexity index is 750. The zero-order valence-corrected chi connectivity index (χ0v) is 13.6. The third-order valence-corrected chi connectivity index (χ3v) is 5.05. The first-order valence-electron chi connectivity index (χ1n) is 6.70. The van der Waals surface area contributed by atoms with Crippen LogP contribution in [0.5, 0.6) is 11.5 Å². The number of nitrogens with zero attached hydrogens (tertiary/aromatic N) is 1. The van der Waals surface area contributed by atoms with Gasteiger partial charge in [0.25, 0.3) is 5.75 Å². The summed E-state index contributed by atoms with van der Waals surface area (Å²) in [5, 5.41) is 10.5. The van der Waals surface area contributed by atoms with E-state index in [1.807, 2.05) is 6.07 Å². The molecule has 1 amide bonds. The molecule has 3 rings (SSSR count). The molecule has 1 aliphatic heterocycles. The molecule has 2 aromatic rings. The maximum atomic E-state index is 12.1. The highest BCUT2D eigenvalue weighted by Gasteiger charge is 2.36. The van der Waals surface area contributed by atoms with Crippen LogP contribution in [0.15, 0.2) is 41.3 Å². The summed E-state index contributed by atoms with van der Waals surface area (Å²) in [6, 6.07) is 10.6. The molecule has 22 heavy (non-hydrogen) atoms. The SMILES string of the molecule is C[OH+]c1ccc(O)c(C2Sc3ccc(Cl)cc3N2C(C)=O)c1. The van der Waals surface area contributed by atoms with E-state index >= 15 is 0 Å². The minimum Gasteiger partial charge on any atom is -0.585 e. The number of anilines is 1. The molecule has 1 atom stereocenters. The molecule has 0 saturated carbocycles. The molecular formula is C16H15ClNO3S+. The molecule has 2 aromatic carbocycles. The molecule has 6 heteroatoms.